The Labute approximate surface area is 176 Å². The third kappa shape index (κ3) is 3.07. The van der Waals surface area contributed by atoms with Crippen molar-refractivity contribution in [3.05, 3.63) is 70.5 Å². The van der Waals surface area contributed by atoms with Gasteiger partial charge in [-0.15, -0.1) is 0 Å². The number of methoxy groups -OCH3 is 1. The monoisotopic (exact) mass is 417 g/mol. The Morgan fingerprint density at radius 3 is 2.48 bits per heavy atom. The van der Waals surface area contributed by atoms with Crippen molar-refractivity contribution >= 4 is 33.2 Å². The van der Waals surface area contributed by atoms with Crippen molar-refractivity contribution in [3.8, 4) is 5.69 Å². The van der Waals surface area contributed by atoms with Crippen molar-refractivity contribution in [1.82, 2.24) is 24.1 Å². The predicted molar refractivity (Wildman–Crippen MR) is 117 cm³/mol. The van der Waals surface area contributed by atoms with Crippen molar-refractivity contribution in [3.63, 3.8) is 0 Å². The molecule has 0 saturated heterocycles. The minimum Gasteiger partial charge on any atom is -0.383 e. The SMILES string of the molecule is CCc1nc2c(c(=O)n1CCOC)c1nc3ccccc3nc1n2-c1cccc(F)c1. The minimum absolute atomic E-state index is 0.205. The first-order valence-corrected chi connectivity index (χ1v) is 10.1. The van der Waals surface area contributed by atoms with Crippen molar-refractivity contribution < 1.29 is 9.13 Å². The van der Waals surface area contributed by atoms with Gasteiger partial charge in [-0.2, -0.15) is 0 Å². The number of rotatable bonds is 5. The summed E-state index contributed by atoms with van der Waals surface area (Å²) < 4.78 is 22.6. The molecule has 0 bridgehead atoms. The molecule has 3 aromatic heterocycles. The maximum atomic E-state index is 14.1. The highest BCUT2D eigenvalue weighted by molar-refractivity contribution is 6.05. The van der Waals surface area contributed by atoms with Crippen LogP contribution in [0.5, 0.6) is 0 Å². The Balaban J connectivity index is 1.98. The molecule has 7 nitrogen and oxygen atoms in total. The number of aryl methyl sites for hydroxylation is 1. The van der Waals surface area contributed by atoms with E-state index in [2.05, 4.69) is 0 Å². The summed E-state index contributed by atoms with van der Waals surface area (Å²) in [5.41, 5.74) is 3.03. The summed E-state index contributed by atoms with van der Waals surface area (Å²) in [6, 6.07) is 13.6. The summed E-state index contributed by atoms with van der Waals surface area (Å²) in [7, 11) is 1.59. The van der Waals surface area contributed by atoms with Crippen LogP contribution in [0.25, 0.3) is 38.9 Å². The summed E-state index contributed by atoms with van der Waals surface area (Å²) in [4.78, 5) is 27.9. The van der Waals surface area contributed by atoms with E-state index in [9.17, 15) is 9.18 Å². The Morgan fingerprint density at radius 1 is 1.00 bits per heavy atom. The van der Waals surface area contributed by atoms with E-state index in [4.69, 9.17) is 19.7 Å². The van der Waals surface area contributed by atoms with E-state index in [0.29, 0.717) is 64.3 Å². The number of benzene rings is 2. The molecular weight excluding hydrogens is 397 g/mol. The van der Waals surface area contributed by atoms with Gasteiger partial charge in [0.25, 0.3) is 5.56 Å². The van der Waals surface area contributed by atoms with Gasteiger partial charge in [-0.3, -0.25) is 13.9 Å². The summed E-state index contributed by atoms with van der Waals surface area (Å²) in [6.45, 7) is 2.71. The van der Waals surface area contributed by atoms with Gasteiger partial charge in [-0.25, -0.2) is 19.3 Å². The van der Waals surface area contributed by atoms with Crippen LogP contribution in [0.3, 0.4) is 0 Å². The minimum atomic E-state index is -0.384. The number of aromatic nitrogens is 5. The fourth-order valence-corrected chi connectivity index (χ4v) is 3.91. The molecule has 0 atom stereocenters. The molecule has 8 heteroatoms. The van der Waals surface area contributed by atoms with Crippen LogP contribution in [0.1, 0.15) is 12.7 Å². The highest BCUT2D eigenvalue weighted by atomic mass is 19.1. The second kappa shape index (κ2) is 7.55. The van der Waals surface area contributed by atoms with Crippen molar-refractivity contribution in [2.75, 3.05) is 13.7 Å². The van der Waals surface area contributed by atoms with Crippen LogP contribution in [0.2, 0.25) is 0 Å². The Morgan fingerprint density at radius 2 is 1.77 bits per heavy atom. The average Bonchev–Trinajstić information content (AvgIpc) is 3.09. The molecule has 156 valence electrons. The van der Waals surface area contributed by atoms with Gasteiger partial charge in [-0.05, 0) is 30.3 Å². The van der Waals surface area contributed by atoms with Gasteiger partial charge in [0.1, 0.15) is 22.5 Å². The van der Waals surface area contributed by atoms with Crippen LogP contribution in [0, 0.1) is 5.82 Å². The topological polar surface area (TPSA) is 74.8 Å². The normalized spacial score (nSPS) is 11.7. The quantitative estimate of drug-likeness (QED) is 0.437. The van der Waals surface area contributed by atoms with E-state index in [0.717, 1.165) is 0 Å². The Hall–Kier alpha value is -3.65. The van der Waals surface area contributed by atoms with Gasteiger partial charge >= 0.3 is 0 Å². The third-order valence-electron chi connectivity index (χ3n) is 5.34. The largest absolute Gasteiger partial charge is 0.383 e. The summed E-state index contributed by atoms with van der Waals surface area (Å²) in [6.07, 6.45) is 0.558. The molecule has 0 aliphatic carbocycles. The lowest BCUT2D eigenvalue weighted by atomic mass is 10.3. The molecule has 0 aliphatic rings. The van der Waals surface area contributed by atoms with Gasteiger partial charge in [0.15, 0.2) is 11.3 Å². The van der Waals surface area contributed by atoms with Gasteiger partial charge in [0, 0.05) is 13.5 Å². The zero-order chi connectivity index (χ0) is 21.5. The molecule has 0 unspecified atom stereocenters. The van der Waals surface area contributed by atoms with E-state index in [1.54, 1.807) is 28.4 Å². The predicted octanol–water partition coefficient (Wildman–Crippen LogP) is 3.63. The summed E-state index contributed by atoms with van der Waals surface area (Å²) in [5, 5.41) is 0.366. The number of fused-ring (bicyclic) bond motifs is 4. The summed E-state index contributed by atoms with van der Waals surface area (Å²) >= 11 is 0. The lowest BCUT2D eigenvalue weighted by Crippen LogP contribution is -2.27. The van der Waals surface area contributed by atoms with Gasteiger partial charge < -0.3 is 4.74 Å². The van der Waals surface area contributed by atoms with Crippen LogP contribution < -0.4 is 5.56 Å². The molecular formula is C23H20FN5O2. The number of para-hydroxylation sites is 2. The Kier molecular flexibility index (Phi) is 4.71. The van der Waals surface area contributed by atoms with Gasteiger partial charge in [0.05, 0.1) is 29.9 Å². The Bertz CT molecular complexity index is 1510. The molecule has 3 heterocycles. The first-order valence-electron chi connectivity index (χ1n) is 10.1. The van der Waals surface area contributed by atoms with Crippen LogP contribution in [-0.4, -0.2) is 37.8 Å². The van der Waals surface area contributed by atoms with Crippen molar-refractivity contribution in [2.45, 2.75) is 19.9 Å². The number of hydrogen-bond acceptors (Lipinski definition) is 5. The molecule has 0 N–H and O–H groups in total. The maximum Gasteiger partial charge on any atom is 0.265 e. The first kappa shape index (κ1) is 19.3. The highest BCUT2D eigenvalue weighted by Gasteiger charge is 2.22. The molecule has 2 aromatic carbocycles. The fourth-order valence-electron chi connectivity index (χ4n) is 3.91. The number of halogens is 1. The second-order valence-corrected chi connectivity index (χ2v) is 7.23. The fraction of sp³-hybridized carbons (Fsp3) is 0.217. The van der Waals surface area contributed by atoms with E-state index in [-0.39, 0.29) is 11.4 Å². The smallest absolute Gasteiger partial charge is 0.265 e. The van der Waals surface area contributed by atoms with Crippen LogP contribution in [-0.2, 0) is 17.7 Å². The van der Waals surface area contributed by atoms with Crippen molar-refractivity contribution in [2.24, 2.45) is 0 Å². The first-order chi connectivity index (χ1) is 15.1. The van der Waals surface area contributed by atoms with Crippen LogP contribution >= 0.6 is 0 Å². The van der Waals surface area contributed by atoms with E-state index >= 15 is 0 Å². The average molecular weight is 417 g/mol. The molecule has 0 fully saturated rings. The molecule has 0 amide bonds. The number of ether oxygens (including phenoxy) is 1. The van der Waals surface area contributed by atoms with Gasteiger partial charge in [-0.1, -0.05) is 25.1 Å². The van der Waals surface area contributed by atoms with E-state index in [1.807, 2.05) is 31.2 Å². The van der Waals surface area contributed by atoms with Gasteiger partial charge in [0.2, 0.25) is 0 Å². The molecule has 0 aliphatic heterocycles. The molecule has 5 rings (SSSR count). The van der Waals surface area contributed by atoms with Crippen LogP contribution in [0.15, 0.2) is 53.3 Å². The molecule has 5 aromatic rings. The number of nitrogens with zero attached hydrogens (tertiary/aromatic N) is 5. The number of hydrogen-bond donors (Lipinski definition) is 0. The highest BCUT2D eigenvalue weighted by Crippen LogP contribution is 2.29. The van der Waals surface area contributed by atoms with Crippen molar-refractivity contribution in [1.29, 1.82) is 0 Å². The molecule has 31 heavy (non-hydrogen) atoms. The lowest BCUT2D eigenvalue weighted by molar-refractivity contribution is 0.185. The standard InChI is InChI=1S/C23H20FN5O2/c1-3-18-27-21-19(23(30)28(18)11-12-31-2)20-22(26-17-10-5-4-9-16(17)25-20)29(21)15-8-6-7-14(24)13-15/h4-10,13H,3,11-12H2,1-2H3. The van der Waals surface area contributed by atoms with E-state index in [1.165, 1.54) is 12.1 Å². The maximum absolute atomic E-state index is 14.1. The van der Waals surface area contributed by atoms with Crippen LogP contribution in [0.4, 0.5) is 4.39 Å². The summed E-state index contributed by atoms with van der Waals surface area (Å²) in [5.74, 6) is 0.241. The zero-order valence-corrected chi connectivity index (χ0v) is 17.2. The zero-order valence-electron chi connectivity index (χ0n) is 17.2. The third-order valence-corrected chi connectivity index (χ3v) is 5.34. The molecule has 0 radical (unpaired) electrons. The van der Waals surface area contributed by atoms with E-state index < -0.39 is 0 Å². The second-order valence-electron chi connectivity index (χ2n) is 7.23. The lowest BCUT2D eigenvalue weighted by Gasteiger charge is -2.12. The molecule has 0 spiro atoms. The molecule has 0 saturated carbocycles.